The summed E-state index contributed by atoms with van der Waals surface area (Å²) in [6.07, 6.45) is 12.9. The standard InChI is InChI=1S/C66H80N2Si2/c1-65(2,3)47-23-27-49(28-24-47)67(51-31-35-53(36-32-51)69(7,8)9)61-43-59(45-19-15-13-16-20-45)55-40-42-58-62(44-60(46-21-17-14-18-22-46)56-39-41-57(61)63(55)64(56)58)68(50-29-25-48(26-30-50)66(4,5)6)52-33-37-54(38-34-52)70(10,11)12/h23-46H,13-22H2,1-12H3/q-1. The molecule has 0 saturated heterocycles. The lowest BCUT2D eigenvalue weighted by Gasteiger charge is -2.34. The van der Waals surface area contributed by atoms with E-state index in [0.29, 0.717) is 11.8 Å². The van der Waals surface area contributed by atoms with E-state index >= 15 is 0 Å². The van der Waals surface area contributed by atoms with Crippen molar-refractivity contribution in [3.05, 3.63) is 156 Å². The van der Waals surface area contributed by atoms with E-state index in [1.807, 2.05) is 0 Å². The Balaban J connectivity index is 1.31. The predicted octanol–water partition coefficient (Wildman–Crippen LogP) is 19.3. The Morgan fingerprint density at radius 1 is 0.414 bits per heavy atom. The molecule has 2 saturated carbocycles. The van der Waals surface area contributed by atoms with Gasteiger partial charge in [0.25, 0.3) is 0 Å². The molecule has 2 aliphatic carbocycles. The number of hydrogen-bond acceptors (Lipinski definition) is 2. The van der Waals surface area contributed by atoms with E-state index in [0.717, 1.165) is 0 Å². The molecule has 0 atom stereocenters. The summed E-state index contributed by atoms with van der Waals surface area (Å²) in [5, 5.41) is 11.5. The van der Waals surface area contributed by atoms with Crippen LogP contribution in [0, 0.1) is 0 Å². The molecule has 0 spiro atoms. The fraction of sp³-hybridized carbons (Fsp3) is 0.394. The van der Waals surface area contributed by atoms with Crippen LogP contribution in [0.2, 0.25) is 39.3 Å². The summed E-state index contributed by atoms with van der Waals surface area (Å²) in [5.41, 5.74) is 13.4. The average Bonchev–Trinajstić information content (AvgIpc) is 3.34. The van der Waals surface area contributed by atoms with Gasteiger partial charge in [0, 0.05) is 33.5 Å². The minimum atomic E-state index is -1.53. The van der Waals surface area contributed by atoms with Crippen LogP contribution >= 0.6 is 0 Å². The van der Waals surface area contributed by atoms with Gasteiger partial charge in [0.05, 0.1) is 19.4 Å². The molecule has 0 unspecified atom stereocenters. The number of rotatable bonds is 10. The maximum Gasteiger partial charge on any atom is 0.0775 e. The molecule has 0 aliphatic heterocycles. The molecule has 0 radical (unpaired) electrons. The summed E-state index contributed by atoms with van der Waals surface area (Å²) in [5.74, 6) is 1.05. The topological polar surface area (TPSA) is 6.48 Å². The van der Waals surface area contributed by atoms with E-state index < -0.39 is 16.1 Å². The van der Waals surface area contributed by atoms with Gasteiger partial charge < -0.3 is 9.80 Å². The van der Waals surface area contributed by atoms with Crippen molar-refractivity contribution >= 4 is 93.0 Å². The zero-order chi connectivity index (χ0) is 49.3. The SMILES string of the molecule is CC(C)(C)c1ccc(N(c2ccc([Si](C)(C)C)cc2)c2cc(C3CCCCC3)c3ccc4c(N(c5ccc(C(C)(C)C)cc5)c5ccc([Si-](C)(C)C)cc5)cc(C5CCCCC5)c5ccc2c3c54)cc1. The molecule has 0 aromatic heterocycles. The summed E-state index contributed by atoms with van der Waals surface area (Å²) in [6.45, 7) is 28.7. The van der Waals surface area contributed by atoms with Crippen LogP contribution in [0.25, 0.3) is 32.3 Å². The average molecular weight is 958 g/mol. The second kappa shape index (κ2) is 18.5. The highest BCUT2D eigenvalue weighted by Crippen LogP contribution is 2.53. The highest BCUT2D eigenvalue weighted by atomic mass is 28.3. The molecule has 0 bridgehead atoms. The number of hydrogen-bond donors (Lipinski definition) is 0. The lowest BCUT2D eigenvalue weighted by atomic mass is 9.77. The lowest BCUT2D eigenvalue weighted by Crippen LogP contribution is -2.37. The van der Waals surface area contributed by atoms with Gasteiger partial charge in [-0.2, -0.15) is 24.8 Å². The summed E-state index contributed by atoms with van der Waals surface area (Å²) >= 11 is 0. The Kier molecular flexibility index (Phi) is 12.8. The van der Waals surface area contributed by atoms with E-state index in [4.69, 9.17) is 0 Å². The van der Waals surface area contributed by atoms with Crippen molar-refractivity contribution in [1.82, 2.24) is 0 Å². The van der Waals surface area contributed by atoms with Crippen molar-refractivity contribution in [3.63, 3.8) is 0 Å². The molecule has 0 N–H and O–H groups in total. The van der Waals surface area contributed by atoms with Crippen molar-refractivity contribution in [3.8, 4) is 0 Å². The molecule has 8 aromatic carbocycles. The molecule has 0 amide bonds. The van der Waals surface area contributed by atoms with Crippen LogP contribution in [-0.2, 0) is 10.8 Å². The van der Waals surface area contributed by atoms with Gasteiger partial charge in [0.15, 0.2) is 0 Å². The molecule has 2 nitrogen and oxygen atoms in total. The smallest absolute Gasteiger partial charge is 0.0775 e. The predicted molar refractivity (Wildman–Crippen MR) is 315 cm³/mol. The van der Waals surface area contributed by atoms with Gasteiger partial charge in [0.1, 0.15) is 0 Å². The van der Waals surface area contributed by atoms with Gasteiger partial charge >= 0.3 is 0 Å². The minimum absolute atomic E-state index is 0.0656. The Labute approximate surface area is 423 Å². The summed E-state index contributed by atoms with van der Waals surface area (Å²) in [4.78, 5) is 5.23. The maximum absolute atomic E-state index is 2.65. The van der Waals surface area contributed by atoms with Crippen LogP contribution < -0.4 is 20.2 Å². The third kappa shape index (κ3) is 9.29. The molecule has 0 heterocycles. The lowest BCUT2D eigenvalue weighted by molar-refractivity contribution is 0.445. The van der Waals surface area contributed by atoms with Crippen LogP contribution in [0.1, 0.15) is 140 Å². The van der Waals surface area contributed by atoms with E-state index in [2.05, 4.69) is 224 Å². The third-order valence-corrected chi connectivity index (χ3v) is 20.6. The first-order valence-electron chi connectivity index (χ1n) is 27.1. The fourth-order valence-corrected chi connectivity index (χ4v) is 14.5. The Bertz CT molecular complexity index is 2780. The van der Waals surface area contributed by atoms with Gasteiger partial charge in [0.2, 0.25) is 0 Å². The summed E-state index contributed by atoms with van der Waals surface area (Å²) in [6, 6.07) is 53.9. The summed E-state index contributed by atoms with van der Waals surface area (Å²) < 4.78 is 0. The maximum atomic E-state index is 2.65. The largest absolute Gasteiger partial charge is 0.310 e. The molecule has 2 fully saturated rings. The van der Waals surface area contributed by atoms with Gasteiger partial charge in [-0.15, -0.1) is 8.07 Å². The molecule has 2 aliphatic rings. The van der Waals surface area contributed by atoms with E-state index in [1.54, 1.807) is 0 Å². The van der Waals surface area contributed by atoms with Gasteiger partial charge in [-0.1, -0.05) is 178 Å². The molecule has 70 heavy (non-hydrogen) atoms. The molecule has 10 rings (SSSR count). The first-order chi connectivity index (χ1) is 33.3. The van der Waals surface area contributed by atoms with Crippen molar-refractivity contribution in [1.29, 1.82) is 0 Å². The van der Waals surface area contributed by atoms with Crippen molar-refractivity contribution in [2.45, 2.75) is 168 Å². The van der Waals surface area contributed by atoms with Gasteiger partial charge in [-0.05, 0) is 153 Å². The van der Waals surface area contributed by atoms with E-state index in [1.165, 1.54) is 163 Å². The van der Waals surface area contributed by atoms with Crippen LogP contribution in [0.15, 0.2) is 133 Å². The highest BCUT2D eigenvalue weighted by molar-refractivity contribution is 6.89. The highest BCUT2D eigenvalue weighted by Gasteiger charge is 2.30. The zero-order valence-electron chi connectivity index (χ0n) is 44.8. The van der Waals surface area contributed by atoms with Crippen LogP contribution in [0.5, 0.6) is 0 Å². The third-order valence-electron chi connectivity index (χ3n) is 16.5. The molecule has 8 aromatic rings. The first kappa shape index (κ1) is 48.5. The molecular weight excluding hydrogens is 877 g/mol. The molecule has 363 valence electrons. The van der Waals surface area contributed by atoms with Crippen LogP contribution in [0.3, 0.4) is 0 Å². The number of anilines is 6. The zero-order valence-corrected chi connectivity index (χ0v) is 46.8. The summed E-state index contributed by atoms with van der Waals surface area (Å²) in [7, 11) is -3.05. The van der Waals surface area contributed by atoms with Gasteiger partial charge in [-0.25, -0.2) is 0 Å². The van der Waals surface area contributed by atoms with Crippen molar-refractivity contribution < 1.29 is 0 Å². The second-order valence-corrected chi connectivity index (χ2v) is 35.7. The van der Waals surface area contributed by atoms with E-state index in [-0.39, 0.29) is 10.8 Å². The Hall–Kier alpha value is -5.17. The number of nitrogens with zero attached hydrogens (tertiary/aromatic N) is 2. The second-order valence-electron chi connectivity index (χ2n) is 25.6. The fourth-order valence-electron chi connectivity index (χ4n) is 12.2. The quantitative estimate of drug-likeness (QED) is 0.0995. The Morgan fingerprint density at radius 2 is 0.743 bits per heavy atom. The normalized spacial score (nSPS) is 15.9. The molecular formula is C66H80N2Si2-. The van der Waals surface area contributed by atoms with Crippen LogP contribution in [0.4, 0.5) is 34.1 Å². The van der Waals surface area contributed by atoms with Gasteiger partial charge in [-0.3, -0.25) is 0 Å². The van der Waals surface area contributed by atoms with Crippen molar-refractivity contribution in [2.24, 2.45) is 0 Å². The molecule has 4 heteroatoms. The Morgan fingerprint density at radius 3 is 1.07 bits per heavy atom. The monoisotopic (exact) mass is 957 g/mol. The first-order valence-corrected chi connectivity index (χ1v) is 34.1. The van der Waals surface area contributed by atoms with Crippen LogP contribution in [-0.4, -0.2) is 16.1 Å². The minimum Gasteiger partial charge on any atom is -0.310 e. The van der Waals surface area contributed by atoms with E-state index in [9.17, 15) is 0 Å². The van der Waals surface area contributed by atoms with Crippen molar-refractivity contribution in [2.75, 3.05) is 9.80 Å². The number of benzene rings is 8.